The van der Waals surface area contributed by atoms with E-state index in [-0.39, 0.29) is 24.1 Å². The molecule has 0 fully saturated rings. The van der Waals surface area contributed by atoms with Crippen LogP contribution in [0.2, 0.25) is 5.02 Å². The van der Waals surface area contributed by atoms with Gasteiger partial charge in [-0.15, -0.1) is 0 Å². The number of anilines is 1. The SMILES string of the molecule is O=C(Cc1ccc(F)cc1)N/N=C/c1cccc(NC(=O)c2ccccc2Cl)c1. The van der Waals surface area contributed by atoms with Crippen LogP contribution < -0.4 is 10.7 Å². The lowest BCUT2D eigenvalue weighted by Crippen LogP contribution is -2.19. The maximum Gasteiger partial charge on any atom is 0.257 e. The molecule has 0 atom stereocenters. The van der Waals surface area contributed by atoms with Gasteiger partial charge >= 0.3 is 0 Å². The van der Waals surface area contributed by atoms with Gasteiger partial charge in [0.2, 0.25) is 5.91 Å². The van der Waals surface area contributed by atoms with Crippen molar-refractivity contribution in [2.75, 3.05) is 5.32 Å². The van der Waals surface area contributed by atoms with Crippen molar-refractivity contribution in [3.05, 3.63) is 100 Å². The zero-order chi connectivity index (χ0) is 20.6. The van der Waals surface area contributed by atoms with Gasteiger partial charge in [-0.05, 0) is 47.5 Å². The van der Waals surface area contributed by atoms with Crippen molar-refractivity contribution in [2.45, 2.75) is 6.42 Å². The van der Waals surface area contributed by atoms with Crippen molar-refractivity contribution in [1.82, 2.24) is 5.43 Å². The number of halogens is 2. The van der Waals surface area contributed by atoms with Gasteiger partial charge in [-0.2, -0.15) is 5.10 Å². The Bertz CT molecular complexity index is 1050. The lowest BCUT2D eigenvalue weighted by Gasteiger charge is -2.07. The average Bonchev–Trinajstić information content (AvgIpc) is 2.70. The second kappa shape index (κ2) is 9.61. The summed E-state index contributed by atoms with van der Waals surface area (Å²) in [5, 5.41) is 7.06. The van der Waals surface area contributed by atoms with Crippen LogP contribution in [0, 0.1) is 5.82 Å². The summed E-state index contributed by atoms with van der Waals surface area (Å²) in [5.74, 6) is -0.998. The molecule has 2 amide bonds. The summed E-state index contributed by atoms with van der Waals surface area (Å²) in [6.45, 7) is 0. The van der Waals surface area contributed by atoms with Crippen LogP contribution >= 0.6 is 11.6 Å². The molecule has 146 valence electrons. The third-order valence-electron chi connectivity index (χ3n) is 3.94. The summed E-state index contributed by atoms with van der Waals surface area (Å²) < 4.78 is 12.9. The third kappa shape index (κ3) is 5.99. The highest BCUT2D eigenvalue weighted by Crippen LogP contribution is 2.17. The van der Waals surface area contributed by atoms with Gasteiger partial charge in [0, 0.05) is 5.69 Å². The van der Waals surface area contributed by atoms with Crippen LogP contribution in [0.4, 0.5) is 10.1 Å². The van der Waals surface area contributed by atoms with Gasteiger partial charge in [0.1, 0.15) is 5.82 Å². The van der Waals surface area contributed by atoms with E-state index in [0.717, 1.165) is 0 Å². The molecule has 0 aliphatic heterocycles. The fourth-order valence-electron chi connectivity index (χ4n) is 2.55. The number of hydrazone groups is 1. The van der Waals surface area contributed by atoms with Gasteiger partial charge < -0.3 is 5.32 Å². The second-order valence-electron chi connectivity index (χ2n) is 6.16. The molecule has 5 nitrogen and oxygen atoms in total. The second-order valence-corrected chi connectivity index (χ2v) is 6.56. The highest BCUT2D eigenvalue weighted by atomic mass is 35.5. The molecule has 0 unspecified atom stereocenters. The topological polar surface area (TPSA) is 70.6 Å². The number of nitrogens with one attached hydrogen (secondary N) is 2. The Hall–Kier alpha value is -3.51. The molecule has 3 aromatic rings. The summed E-state index contributed by atoms with van der Waals surface area (Å²) in [7, 11) is 0. The van der Waals surface area contributed by atoms with Crippen molar-refractivity contribution >= 4 is 35.3 Å². The third-order valence-corrected chi connectivity index (χ3v) is 4.27. The van der Waals surface area contributed by atoms with Crippen LogP contribution in [0.15, 0.2) is 77.9 Å². The number of amides is 2. The molecule has 2 N–H and O–H groups in total. The minimum absolute atomic E-state index is 0.0888. The van der Waals surface area contributed by atoms with Gasteiger partial charge in [-0.25, -0.2) is 9.82 Å². The first-order valence-electron chi connectivity index (χ1n) is 8.73. The Morgan fingerprint density at radius 2 is 1.76 bits per heavy atom. The molecule has 7 heteroatoms. The monoisotopic (exact) mass is 409 g/mol. The van der Waals surface area contributed by atoms with Crippen molar-refractivity contribution in [3.8, 4) is 0 Å². The highest BCUT2D eigenvalue weighted by Gasteiger charge is 2.09. The maximum absolute atomic E-state index is 12.9. The molecule has 0 bridgehead atoms. The van der Waals surface area contributed by atoms with Crippen molar-refractivity contribution < 1.29 is 14.0 Å². The van der Waals surface area contributed by atoms with Gasteiger partial charge in [0.25, 0.3) is 5.91 Å². The number of benzene rings is 3. The lowest BCUT2D eigenvalue weighted by molar-refractivity contribution is -0.120. The fraction of sp³-hybridized carbons (Fsp3) is 0.0455. The van der Waals surface area contributed by atoms with Gasteiger partial charge in [-0.1, -0.05) is 48.0 Å². The molecule has 3 rings (SSSR count). The Morgan fingerprint density at radius 3 is 2.52 bits per heavy atom. The summed E-state index contributed by atoms with van der Waals surface area (Å²) in [6.07, 6.45) is 1.55. The van der Waals surface area contributed by atoms with E-state index in [1.54, 1.807) is 60.7 Å². The van der Waals surface area contributed by atoms with Crippen LogP contribution in [0.25, 0.3) is 0 Å². The van der Waals surface area contributed by atoms with Crippen LogP contribution in [-0.4, -0.2) is 18.0 Å². The van der Waals surface area contributed by atoms with E-state index in [1.165, 1.54) is 18.3 Å². The van der Waals surface area contributed by atoms with E-state index in [0.29, 0.717) is 27.4 Å². The zero-order valence-corrected chi connectivity index (χ0v) is 16.0. The smallest absolute Gasteiger partial charge is 0.257 e. The lowest BCUT2D eigenvalue weighted by atomic mass is 10.1. The van der Waals surface area contributed by atoms with Gasteiger partial charge in [0.05, 0.1) is 23.2 Å². The summed E-state index contributed by atoms with van der Waals surface area (Å²) >= 11 is 6.04. The molecular weight excluding hydrogens is 393 g/mol. The van der Waals surface area contributed by atoms with E-state index < -0.39 is 0 Å². The van der Waals surface area contributed by atoms with Gasteiger partial charge in [0.15, 0.2) is 0 Å². The molecule has 0 aliphatic rings. The standard InChI is InChI=1S/C22H17ClFN3O2/c23-20-7-2-1-6-19(20)22(29)26-18-5-3-4-16(12-18)14-25-27-21(28)13-15-8-10-17(24)11-9-15/h1-12,14H,13H2,(H,26,29)(H,27,28)/b25-14+. The molecular formula is C22H17ClFN3O2. The first-order valence-corrected chi connectivity index (χ1v) is 9.11. The van der Waals surface area contributed by atoms with Crippen molar-refractivity contribution in [1.29, 1.82) is 0 Å². The van der Waals surface area contributed by atoms with E-state index in [2.05, 4.69) is 15.8 Å². The molecule has 0 saturated carbocycles. The van der Waals surface area contributed by atoms with E-state index in [4.69, 9.17) is 11.6 Å². The molecule has 0 heterocycles. The first kappa shape index (κ1) is 20.2. The molecule has 0 aromatic heterocycles. The summed E-state index contributed by atoms with van der Waals surface area (Å²) in [5.41, 5.74) is 4.73. The highest BCUT2D eigenvalue weighted by molar-refractivity contribution is 6.34. The minimum atomic E-state index is -0.353. The number of carbonyl (C=O) groups is 2. The molecule has 3 aromatic carbocycles. The molecule has 0 spiro atoms. The predicted octanol–water partition coefficient (Wildman–Crippen LogP) is 4.42. The van der Waals surface area contributed by atoms with Crippen LogP contribution in [0.5, 0.6) is 0 Å². The number of carbonyl (C=O) groups excluding carboxylic acids is 2. The summed E-state index contributed by atoms with van der Waals surface area (Å²) in [6, 6.07) is 19.4. The zero-order valence-electron chi connectivity index (χ0n) is 15.2. The summed E-state index contributed by atoms with van der Waals surface area (Å²) in [4.78, 5) is 24.2. The maximum atomic E-state index is 12.9. The molecule has 0 radical (unpaired) electrons. The quantitative estimate of drug-likeness (QED) is 0.467. The van der Waals surface area contributed by atoms with Crippen LogP contribution in [0.3, 0.4) is 0 Å². The fourth-order valence-corrected chi connectivity index (χ4v) is 2.77. The van der Waals surface area contributed by atoms with E-state index in [9.17, 15) is 14.0 Å². The Kier molecular flexibility index (Phi) is 6.71. The van der Waals surface area contributed by atoms with Crippen LogP contribution in [-0.2, 0) is 11.2 Å². The molecule has 0 aliphatic carbocycles. The first-order chi connectivity index (χ1) is 14.0. The number of rotatable bonds is 6. The van der Waals surface area contributed by atoms with E-state index in [1.807, 2.05) is 0 Å². The Morgan fingerprint density at radius 1 is 1.00 bits per heavy atom. The van der Waals surface area contributed by atoms with Crippen molar-refractivity contribution in [2.24, 2.45) is 5.10 Å². The number of nitrogens with zero attached hydrogens (tertiary/aromatic N) is 1. The largest absolute Gasteiger partial charge is 0.322 e. The normalized spacial score (nSPS) is 10.7. The van der Waals surface area contributed by atoms with Crippen molar-refractivity contribution in [3.63, 3.8) is 0 Å². The minimum Gasteiger partial charge on any atom is -0.322 e. The van der Waals surface area contributed by atoms with Crippen LogP contribution in [0.1, 0.15) is 21.5 Å². The Balaban J connectivity index is 1.57. The molecule has 29 heavy (non-hydrogen) atoms. The van der Waals surface area contributed by atoms with E-state index >= 15 is 0 Å². The average molecular weight is 410 g/mol. The number of hydrogen-bond donors (Lipinski definition) is 2. The number of hydrogen-bond acceptors (Lipinski definition) is 3. The Labute approximate surface area is 172 Å². The van der Waals surface area contributed by atoms with Gasteiger partial charge in [-0.3, -0.25) is 9.59 Å². The molecule has 0 saturated heterocycles. The predicted molar refractivity (Wildman–Crippen MR) is 112 cm³/mol.